The van der Waals surface area contributed by atoms with E-state index in [0.717, 1.165) is 37.9 Å². The maximum absolute atomic E-state index is 11.5. The highest BCUT2D eigenvalue weighted by atomic mass is 127. The van der Waals surface area contributed by atoms with Gasteiger partial charge in [0.2, 0.25) is 0 Å². The monoisotopic (exact) mass is 483 g/mol. The van der Waals surface area contributed by atoms with Crippen LogP contribution in [0.15, 0.2) is 4.99 Å². The molecule has 8 heteroatoms. The van der Waals surface area contributed by atoms with E-state index in [2.05, 4.69) is 32.8 Å². The van der Waals surface area contributed by atoms with Crippen molar-refractivity contribution in [2.45, 2.75) is 52.6 Å². The number of nitrogens with zero attached hydrogens (tertiary/aromatic N) is 2. The zero-order valence-corrected chi connectivity index (χ0v) is 19.4. The zero-order valence-electron chi connectivity index (χ0n) is 17.1. The molecule has 1 aliphatic heterocycles. The first-order valence-corrected chi connectivity index (χ1v) is 9.44. The van der Waals surface area contributed by atoms with Gasteiger partial charge in [-0.1, -0.05) is 6.92 Å². The lowest BCUT2D eigenvalue weighted by Crippen LogP contribution is -2.44. The lowest BCUT2D eigenvalue weighted by atomic mass is 10.0. The first-order chi connectivity index (χ1) is 11.8. The number of hydrogen-bond donors (Lipinski definition) is 3. The van der Waals surface area contributed by atoms with Crippen molar-refractivity contribution in [1.29, 1.82) is 0 Å². The summed E-state index contributed by atoms with van der Waals surface area (Å²) in [6, 6.07) is 0. The Bertz CT molecular complexity index is 426. The molecule has 1 heterocycles. The van der Waals surface area contributed by atoms with E-state index in [1.807, 2.05) is 20.8 Å². The second-order valence-electron chi connectivity index (χ2n) is 7.76. The van der Waals surface area contributed by atoms with Crippen LogP contribution in [0, 0.1) is 5.92 Å². The number of amides is 1. The van der Waals surface area contributed by atoms with Crippen LogP contribution in [0.4, 0.5) is 4.79 Å². The molecule has 1 rings (SSSR count). The molecule has 0 spiro atoms. The van der Waals surface area contributed by atoms with Crippen LogP contribution < -0.4 is 16.0 Å². The molecule has 0 aromatic carbocycles. The second kappa shape index (κ2) is 13.4. The summed E-state index contributed by atoms with van der Waals surface area (Å²) in [6.45, 7) is 13.6. The Morgan fingerprint density at radius 2 is 1.85 bits per heavy atom. The summed E-state index contributed by atoms with van der Waals surface area (Å²) in [6.07, 6.45) is 3.10. The van der Waals surface area contributed by atoms with Crippen molar-refractivity contribution >= 4 is 36.0 Å². The molecule has 0 radical (unpaired) electrons. The van der Waals surface area contributed by atoms with E-state index >= 15 is 0 Å². The van der Waals surface area contributed by atoms with Crippen LogP contribution >= 0.6 is 24.0 Å². The topological polar surface area (TPSA) is 78.0 Å². The van der Waals surface area contributed by atoms with Crippen LogP contribution in [0.2, 0.25) is 0 Å². The van der Waals surface area contributed by atoms with Crippen LogP contribution in [0.1, 0.15) is 47.0 Å². The number of halogens is 1. The van der Waals surface area contributed by atoms with Crippen LogP contribution in [0.5, 0.6) is 0 Å². The summed E-state index contributed by atoms with van der Waals surface area (Å²) in [4.78, 5) is 18.3. The molecule has 0 aliphatic carbocycles. The maximum Gasteiger partial charge on any atom is 0.407 e. The first kappa shape index (κ1) is 25.2. The lowest BCUT2D eigenvalue weighted by molar-refractivity contribution is 0.0527. The number of rotatable bonds is 7. The van der Waals surface area contributed by atoms with Gasteiger partial charge in [0.15, 0.2) is 5.96 Å². The van der Waals surface area contributed by atoms with Gasteiger partial charge in [-0.05, 0) is 52.5 Å². The zero-order chi connectivity index (χ0) is 18.7. The number of ether oxygens (including phenoxy) is 1. The van der Waals surface area contributed by atoms with Gasteiger partial charge in [-0.15, -0.1) is 24.0 Å². The smallest absolute Gasteiger partial charge is 0.407 e. The number of likely N-dealkylation sites (tertiary alicyclic amines) is 1. The Balaban J connectivity index is 0.00000625. The van der Waals surface area contributed by atoms with Crippen LogP contribution in [0.3, 0.4) is 0 Å². The van der Waals surface area contributed by atoms with Gasteiger partial charge in [-0.25, -0.2) is 4.79 Å². The molecule has 0 bridgehead atoms. The normalized spacial score (nSPS) is 18.7. The summed E-state index contributed by atoms with van der Waals surface area (Å²) >= 11 is 0. The summed E-state index contributed by atoms with van der Waals surface area (Å²) in [5.41, 5.74) is -0.458. The molecule has 0 saturated carbocycles. The van der Waals surface area contributed by atoms with Crippen molar-refractivity contribution in [1.82, 2.24) is 20.9 Å². The van der Waals surface area contributed by atoms with E-state index in [1.165, 1.54) is 25.9 Å². The van der Waals surface area contributed by atoms with Gasteiger partial charge in [-0.2, -0.15) is 0 Å². The van der Waals surface area contributed by atoms with Crippen LogP contribution in [0.25, 0.3) is 0 Å². The number of carbonyl (C=O) groups is 1. The third kappa shape index (κ3) is 12.6. The fourth-order valence-electron chi connectivity index (χ4n) is 2.84. The van der Waals surface area contributed by atoms with Crippen molar-refractivity contribution in [3.63, 3.8) is 0 Å². The average molecular weight is 483 g/mol. The molecule has 7 nitrogen and oxygen atoms in total. The molecule has 1 fully saturated rings. The van der Waals surface area contributed by atoms with Gasteiger partial charge in [-0.3, -0.25) is 4.99 Å². The van der Waals surface area contributed by atoms with Crippen molar-refractivity contribution in [3.05, 3.63) is 0 Å². The van der Waals surface area contributed by atoms with Gasteiger partial charge in [0.05, 0.1) is 0 Å². The number of piperidine rings is 1. The second-order valence-corrected chi connectivity index (χ2v) is 7.76. The molecule has 1 unspecified atom stereocenters. The maximum atomic E-state index is 11.5. The van der Waals surface area contributed by atoms with Gasteiger partial charge < -0.3 is 25.6 Å². The average Bonchev–Trinajstić information content (AvgIpc) is 2.51. The van der Waals surface area contributed by atoms with E-state index in [9.17, 15) is 4.79 Å². The molecular formula is C18H38IN5O2. The van der Waals surface area contributed by atoms with Crippen molar-refractivity contribution in [2.75, 3.05) is 46.3 Å². The molecule has 3 N–H and O–H groups in total. The molecule has 1 atom stereocenters. The van der Waals surface area contributed by atoms with E-state index in [4.69, 9.17) is 4.74 Å². The Kier molecular flexibility index (Phi) is 13.0. The molecule has 154 valence electrons. The fourth-order valence-corrected chi connectivity index (χ4v) is 2.84. The largest absolute Gasteiger partial charge is 0.444 e. The molecule has 1 saturated heterocycles. The van der Waals surface area contributed by atoms with Crippen molar-refractivity contribution in [3.8, 4) is 0 Å². The minimum atomic E-state index is -0.458. The Morgan fingerprint density at radius 3 is 2.46 bits per heavy atom. The fraction of sp³-hybridized carbons (Fsp3) is 0.889. The Morgan fingerprint density at radius 1 is 1.19 bits per heavy atom. The third-order valence-corrected chi connectivity index (χ3v) is 4.00. The van der Waals surface area contributed by atoms with E-state index in [1.54, 1.807) is 7.05 Å². The number of alkyl carbamates (subject to hydrolysis) is 1. The minimum absolute atomic E-state index is 0. The highest BCUT2D eigenvalue weighted by Crippen LogP contribution is 2.14. The summed E-state index contributed by atoms with van der Waals surface area (Å²) in [5, 5.41) is 9.37. The SMILES string of the molecule is CN=C(NCCCNC(=O)OC(C)(C)C)NCCN1CCCC(C)C1.I. The molecular weight excluding hydrogens is 445 g/mol. The predicted octanol–water partition coefficient (Wildman–Crippen LogP) is 2.42. The number of guanidine groups is 1. The molecule has 0 aromatic rings. The highest BCUT2D eigenvalue weighted by molar-refractivity contribution is 14.0. The summed E-state index contributed by atoms with van der Waals surface area (Å²) in [5.74, 6) is 1.62. The third-order valence-electron chi connectivity index (χ3n) is 4.00. The van der Waals surface area contributed by atoms with Gasteiger partial charge in [0, 0.05) is 39.8 Å². The number of aliphatic imine (C=N–C) groups is 1. The highest BCUT2D eigenvalue weighted by Gasteiger charge is 2.16. The molecule has 26 heavy (non-hydrogen) atoms. The predicted molar refractivity (Wildman–Crippen MR) is 118 cm³/mol. The molecule has 1 aliphatic rings. The first-order valence-electron chi connectivity index (χ1n) is 9.44. The van der Waals surface area contributed by atoms with Gasteiger partial charge in [0.1, 0.15) is 5.60 Å². The number of hydrogen-bond acceptors (Lipinski definition) is 4. The van der Waals surface area contributed by atoms with Crippen LogP contribution in [-0.2, 0) is 4.74 Å². The Hall–Kier alpha value is -0.770. The Labute approximate surface area is 176 Å². The molecule has 0 aromatic heterocycles. The summed E-state index contributed by atoms with van der Waals surface area (Å²) in [7, 11) is 1.78. The van der Waals surface area contributed by atoms with E-state index < -0.39 is 5.60 Å². The molecule has 1 amide bonds. The van der Waals surface area contributed by atoms with E-state index in [-0.39, 0.29) is 30.1 Å². The van der Waals surface area contributed by atoms with Crippen molar-refractivity contribution in [2.24, 2.45) is 10.9 Å². The van der Waals surface area contributed by atoms with Gasteiger partial charge in [0.25, 0.3) is 0 Å². The van der Waals surface area contributed by atoms with Gasteiger partial charge >= 0.3 is 6.09 Å². The van der Waals surface area contributed by atoms with E-state index in [0.29, 0.717) is 6.54 Å². The standard InChI is InChI=1S/C18H37N5O2.HI/c1-15-8-6-12-23(14-15)13-11-21-16(19-5)20-9-7-10-22-17(24)25-18(2,3)4;/h15H,6-14H2,1-5H3,(H,22,24)(H2,19,20,21);1H. The number of carbonyl (C=O) groups excluding carboxylic acids is 1. The minimum Gasteiger partial charge on any atom is -0.444 e. The quantitative estimate of drug-likeness (QED) is 0.225. The lowest BCUT2D eigenvalue weighted by Gasteiger charge is -2.30. The summed E-state index contributed by atoms with van der Waals surface area (Å²) < 4.78 is 5.19. The number of nitrogens with one attached hydrogen (secondary N) is 3. The van der Waals surface area contributed by atoms with Crippen LogP contribution in [-0.4, -0.2) is 68.9 Å². The van der Waals surface area contributed by atoms with Crippen molar-refractivity contribution < 1.29 is 9.53 Å².